The smallest absolute Gasteiger partial charge is 0.206 e. The zero-order valence-electron chi connectivity index (χ0n) is 12.8. The summed E-state index contributed by atoms with van der Waals surface area (Å²) in [5.74, 6) is 0. The number of para-hydroxylation sites is 1. The lowest BCUT2D eigenvalue weighted by Gasteiger charge is -2.12. The predicted molar refractivity (Wildman–Crippen MR) is 96.9 cm³/mol. The standard InChI is InChI=1S/C18H17N3O2S/c19-13-5-4-8-15(11-13)24(22,23)16-9-10-18(17(20)12-16)21-14-6-2-1-3-7-14/h1-12,21H,19-20H2. The Morgan fingerprint density at radius 1 is 0.750 bits per heavy atom. The molecule has 0 aliphatic rings. The van der Waals surface area contributed by atoms with Crippen molar-refractivity contribution in [2.45, 2.75) is 9.79 Å². The summed E-state index contributed by atoms with van der Waals surface area (Å²) in [5, 5.41) is 3.16. The molecule has 0 spiro atoms. The molecule has 6 heteroatoms. The van der Waals surface area contributed by atoms with E-state index >= 15 is 0 Å². The fourth-order valence-electron chi connectivity index (χ4n) is 2.32. The van der Waals surface area contributed by atoms with E-state index in [1.54, 1.807) is 18.2 Å². The fraction of sp³-hybridized carbons (Fsp3) is 0. The van der Waals surface area contributed by atoms with E-state index in [0.29, 0.717) is 17.1 Å². The maximum absolute atomic E-state index is 12.7. The predicted octanol–water partition coefficient (Wildman–Crippen LogP) is 3.43. The van der Waals surface area contributed by atoms with Gasteiger partial charge in [0, 0.05) is 11.4 Å². The van der Waals surface area contributed by atoms with Gasteiger partial charge in [0.2, 0.25) is 9.84 Å². The van der Waals surface area contributed by atoms with Crippen LogP contribution in [0.4, 0.5) is 22.7 Å². The summed E-state index contributed by atoms with van der Waals surface area (Å²) in [7, 11) is -3.66. The van der Waals surface area contributed by atoms with Crippen LogP contribution < -0.4 is 16.8 Å². The summed E-state index contributed by atoms with van der Waals surface area (Å²) in [6, 6.07) is 20.3. The first kappa shape index (κ1) is 15.9. The largest absolute Gasteiger partial charge is 0.399 e. The minimum atomic E-state index is -3.66. The van der Waals surface area contributed by atoms with E-state index in [4.69, 9.17) is 11.5 Å². The van der Waals surface area contributed by atoms with Crippen LogP contribution in [0.1, 0.15) is 0 Å². The van der Waals surface area contributed by atoms with Crippen LogP contribution in [0, 0.1) is 0 Å². The van der Waals surface area contributed by atoms with E-state index in [9.17, 15) is 8.42 Å². The van der Waals surface area contributed by atoms with Gasteiger partial charge < -0.3 is 16.8 Å². The van der Waals surface area contributed by atoms with Gasteiger partial charge in [-0.2, -0.15) is 0 Å². The van der Waals surface area contributed by atoms with E-state index in [2.05, 4.69) is 5.32 Å². The van der Waals surface area contributed by atoms with E-state index < -0.39 is 9.84 Å². The SMILES string of the molecule is Nc1cccc(S(=O)(=O)c2ccc(Nc3ccccc3)c(N)c2)c1. The molecular weight excluding hydrogens is 322 g/mol. The zero-order chi connectivity index (χ0) is 17.2. The highest BCUT2D eigenvalue weighted by molar-refractivity contribution is 7.91. The quantitative estimate of drug-likeness (QED) is 0.633. The molecule has 24 heavy (non-hydrogen) atoms. The van der Waals surface area contributed by atoms with Gasteiger partial charge in [-0.1, -0.05) is 24.3 Å². The molecule has 3 aromatic carbocycles. The lowest BCUT2D eigenvalue weighted by atomic mass is 10.2. The average Bonchev–Trinajstić information content (AvgIpc) is 2.57. The van der Waals surface area contributed by atoms with E-state index in [1.165, 1.54) is 24.3 Å². The van der Waals surface area contributed by atoms with Crippen LogP contribution in [0.15, 0.2) is 82.6 Å². The van der Waals surface area contributed by atoms with Crippen molar-refractivity contribution in [2.24, 2.45) is 0 Å². The normalized spacial score (nSPS) is 11.2. The topological polar surface area (TPSA) is 98.2 Å². The minimum Gasteiger partial charge on any atom is -0.399 e. The summed E-state index contributed by atoms with van der Waals surface area (Å²) in [4.78, 5) is 0.273. The van der Waals surface area contributed by atoms with Crippen molar-refractivity contribution < 1.29 is 8.42 Å². The van der Waals surface area contributed by atoms with Gasteiger partial charge >= 0.3 is 0 Å². The number of sulfone groups is 1. The molecule has 3 aromatic rings. The molecule has 0 aliphatic carbocycles. The Morgan fingerprint density at radius 2 is 1.46 bits per heavy atom. The Balaban J connectivity index is 1.95. The molecule has 0 fully saturated rings. The van der Waals surface area contributed by atoms with Crippen molar-refractivity contribution in [3.05, 3.63) is 72.8 Å². The number of benzene rings is 3. The lowest BCUT2D eigenvalue weighted by molar-refractivity contribution is 0.596. The Kier molecular flexibility index (Phi) is 4.14. The van der Waals surface area contributed by atoms with E-state index in [1.807, 2.05) is 30.3 Å². The first-order chi connectivity index (χ1) is 11.5. The number of nitrogens with two attached hydrogens (primary N) is 2. The highest BCUT2D eigenvalue weighted by Crippen LogP contribution is 2.29. The molecule has 5 N–H and O–H groups in total. The van der Waals surface area contributed by atoms with E-state index in [0.717, 1.165) is 5.69 Å². The Morgan fingerprint density at radius 3 is 2.12 bits per heavy atom. The summed E-state index contributed by atoms with van der Waals surface area (Å²) in [5.41, 5.74) is 14.0. The molecule has 0 bridgehead atoms. The number of nitrogens with one attached hydrogen (secondary N) is 1. The first-order valence-corrected chi connectivity index (χ1v) is 8.77. The van der Waals surface area contributed by atoms with Crippen LogP contribution in [0.25, 0.3) is 0 Å². The second kappa shape index (κ2) is 6.25. The number of rotatable bonds is 4. The zero-order valence-corrected chi connectivity index (χ0v) is 13.6. The van der Waals surface area contributed by atoms with Crippen molar-refractivity contribution in [1.29, 1.82) is 0 Å². The van der Waals surface area contributed by atoms with Gasteiger partial charge in [0.25, 0.3) is 0 Å². The van der Waals surface area contributed by atoms with Crippen LogP contribution in [0.3, 0.4) is 0 Å². The van der Waals surface area contributed by atoms with Crippen LogP contribution in [0.5, 0.6) is 0 Å². The third kappa shape index (κ3) is 3.18. The van der Waals surface area contributed by atoms with Crippen molar-refractivity contribution >= 4 is 32.6 Å². The molecule has 0 radical (unpaired) electrons. The van der Waals surface area contributed by atoms with Crippen molar-refractivity contribution in [3.8, 4) is 0 Å². The molecular formula is C18H17N3O2S. The second-order valence-corrected chi connectivity index (χ2v) is 7.27. The van der Waals surface area contributed by atoms with Gasteiger partial charge in [-0.25, -0.2) is 8.42 Å². The molecule has 0 aromatic heterocycles. The molecule has 0 unspecified atom stereocenters. The van der Waals surface area contributed by atoms with Crippen molar-refractivity contribution in [2.75, 3.05) is 16.8 Å². The molecule has 0 atom stereocenters. The summed E-state index contributed by atoms with van der Waals surface area (Å²) in [6.07, 6.45) is 0. The number of nitrogen functional groups attached to an aromatic ring is 2. The highest BCUT2D eigenvalue weighted by atomic mass is 32.2. The number of anilines is 4. The van der Waals surface area contributed by atoms with Crippen LogP contribution in [-0.4, -0.2) is 8.42 Å². The molecule has 0 amide bonds. The van der Waals surface area contributed by atoms with Crippen LogP contribution in [-0.2, 0) is 9.84 Å². The number of hydrogen-bond acceptors (Lipinski definition) is 5. The van der Waals surface area contributed by atoms with Gasteiger partial charge in [0.05, 0.1) is 21.2 Å². The Hall–Kier alpha value is -2.99. The van der Waals surface area contributed by atoms with Gasteiger partial charge in [0.15, 0.2) is 0 Å². The van der Waals surface area contributed by atoms with Gasteiger partial charge in [-0.15, -0.1) is 0 Å². The lowest BCUT2D eigenvalue weighted by Crippen LogP contribution is -2.05. The molecule has 0 saturated heterocycles. The highest BCUT2D eigenvalue weighted by Gasteiger charge is 2.19. The molecule has 122 valence electrons. The number of hydrogen-bond donors (Lipinski definition) is 3. The maximum atomic E-state index is 12.7. The molecule has 3 rings (SSSR count). The van der Waals surface area contributed by atoms with Crippen LogP contribution >= 0.6 is 0 Å². The second-order valence-electron chi connectivity index (χ2n) is 5.32. The third-order valence-corrected chi connectivity index (χ3v) is 5.30. The Labute approximate surface area is 140 Å². The monoisotopic (exact) mass is 339 g/mol. The van der Waals surface area contributed by atoms with Crippen molar-refractivity contribution in [3.63, 3.8) is 0 Å². The van der Waals surface area contributed by atoms with Crippen molar-refractivity contribution in [1.82, 2.24) is 0 Å². The molecule has 0 heterocycles. The fourth-order valence-corrected chi connectivity index (χ4v) is 3.67. The average molecular weight is 339 g/mol. The molecule has 5 nitrogen and oxygen atoms in total. The summed E-state index contributed by atoms with van der Waals surface area (Å²) >= 11 is 0. The van der Waals surface area contributed by atoms with Gasteiger partial charge in [-0.05, 0) is 48.5 Å². The van der Waals surface area contributed by atoms with Gasteiger partial charge in [-0.3, -0.25) is 0 Å². The van der Waals surface area contributed by atoms with Gasteiger partial charge in [0.1, 0.15) is 0 Å². The maximum Gasteiger partial charge on any atom is 0.206 e. The minimum absolute atomic E-state index is 0.129. The molecule has 0 aliphatic heterocycles. The summed E-state index contributed by atoms with van der Waals surface area (Å²) < 4.78 is 25.4. The van der Waals surface area contributed by atoms with E-state index in [-0.39, 0.29) is 9.79 Å². The summed E-state index contributed by atoms with van der Waals surface area (Å²) in [6.45, 7) is 0. The first-order valence-electron chi connectivity index (χ1n) is 7.29. The molecule has 0 saturated carbocycles. The Bertz CT molecular complexity index is 971. The van der Waals surface area contributed by atoms with Crippen LogP contribution in [0.2, 0.25) is 0 Å². The third-order valence-electron chi connectivity index (χ3n) is 3.55.